The molecule has 6 rings (SSSR count). The highest BCUT2D eigenvalue weighted by Gasteiger charge is 2.78. The number of halogens is 1. The van der Waals surface area contributed by atoms with Crippen LogP contribution in [0.2, 0.25) is 4.34 Å². The summed E-state index contributed by atoms with van der Waals surface area (Å²) in [5.74, 6) is 5.87. The van der Waals surface area contributed by atoms with Crippen molar-refractivity contribution in [3.63, 3.8) is 0 Å². The van der Waals surface area contributed by atoms with E-state index in [-0.39, 0.29) is 30.0 Å². The van der Waals surface area contributed by atoms with Crippen LogP contribution < -0.4 is 5.32 Å². The van der Waals surface area contributed by atoms with Crippen LogP contribution in [-0.4, -0.2) is 45.4 Å². The molecule has 1 aliphatic heterocycles. The molecule has 3 aromatic heterocycles. The van der Waals surface area contributed by atoms with E-state index in [1.807, 2.05) is 39.1 Å². The second-order valence-electron chi connectivity index (χ2n) is 9.40. The smallest absolute Gasteiger partial charge is 0.163 e. The van der Waals surface area contributed by atoms with Gasteiger partial charge in [-0.2, -0.15) is 0 Å². The predicted molar refractivity (Wildman–Crippen MR) is 126 cm³/mol. The van der Waals surface area contributed by atoms with Gasteiger partial charge in [0.1, 0.15) is 29.2 Å². The van der Waals surface area contributed by atoms with Crippen LogP contribution in [0.5, 0.6) is 0 Å². The number of hydrogen-bond donors (Lipinski definition) is 1. The minimum atomic E-state index is -0.734. The quantitative estimate of drug-likeness (QED) is 0.562. The lowest BCUT2D eigenvalue weighted by molar-refractivity contribution is -0.163. The Bertz CT molecular complexity index is 1370. The largest absolute Gasteiger partial charge is 0.386 e. The lowest BCUT2D eigenvalue weighted by atomic mass is 9.95. The van der Waals surface area contributed by atoms with Crippen molar-refractivity contribution >= 4 is 45.6 Å². The summed E-state index contributed by atoms with van der Waals surface area (Å²) in [6.45, 7) is 5.48. The molecule has 0 amide bonds. The van der Waals surface area contributed by atoms with Gasteiger partial charge in [0.05, 0.1) is 32.7 Å². The van der Waals surface area contributed by atoms with Crippen LogP contribution in [0.15, 0.2) is 24.5 Å². The molecule has 2 unspecified atom stereocenters. The van der Waals surface area contributed by atoms with E-state index in [1.165, 1.54) is 11.3 Å². The van der Waals surface area contributed by atoms with Gasteiger partial charge in [0.15, 0.2) is 11.4 Å². The number of rotatable bonds is 3. The van der Waals surface area contributed by atoms with Crippen molar-refractivity contribution in [2.75, 3.05) is 12.4 Å². The van der Waals surface area contributed by atoms with Crippen molar-refractivity contribution in [1.29, 1.82) is 0 Å². The average molecular weight is 483 g/mol. The van der Waals surface area contributed by atoms with E-state index >= 15 is 0 Å². The van der Waals surface area contributed by atoms with Crippen molar-refractivity contribution in [3.8, 4) is 11.8 Å². The molecule has 2 saturated carbocycles. The molecule has 0 bridgehead atoms. The van der Waals surface area contributed by atoms with Gasteiger partial charge in [-0.1, -0.05) is 11.6 Å². The third kappa shape index (κ3) is 3.07. The first-order valence-electron chi connectivity index (χ1n) is 10.9. The highest BCUT2D eigenvalue weighted by atomic mass is 35.5. The minimum Gasteiger partial charge on any atom is -0.386 e. The minimum absolute atomic E-state index is 0.0813. The molecule has 0 aromatic carbocycles. The molecular formula is C24H23ClN4O3S. The van der Waals surface area contributed by atoms with E-state index < -0.39 is 11.2 Å². The molecule has 33 heavy (non-hydrogen) atoms. The van der Waals surface area contributed by atoms with Crippen LogP contribution in [0, 0.1) is 23.2 Å². The number of nitrogens with zero attached hydrogens (tertiary/aromatic N) is 3. The van der Waals surface area contributed by atoms with Crippen LogP contribution in [-0.2, 0) is 14.3 Å². The molecule has 170 valence electrons. The third-order valence-electron chi connectivity index (χ3n) is 7.11. The molecule has 1 saturated heterocycles. The molecule has 3 fully saturated rings. The van der Waals surface area contributed by atoms with Crippen molar-refractivity contribution in [2.24, 2.45) is 11.3 Å². The lowest BCUT2D eigenvalue weighted by Crippen LogP contribution is -2.34. The molecule has 7 nitrogen and oxygen atoms in total. The Morgan fingerprint density at radius 1 is 1.33 bits per heavy atom. The molecule has 3 aliphatic rings. The van der Waals surface area contributed by atoms with Crippen molar-refractivity contribution < 1.29 is 14.3 Å². The van der Waals surface area contributed by atoms with Gasteiger partial charge in [-0.3, -0.25) is 4.79 Å². The second kappa shape index (κ2) is 7.03. The molecule has 2 aliphatic carbocycles. The van der Waals surface area contributed by atoms with Crippen molar-refractivity contribution in [3.05, 3.63) is 39.4 Å². The number of nitrogens with one attached hydrogen (secondary N) is 1. The van der Waals surface area contributed by atoms with E-state index in [1.54, 1.807) is 13.3 Å². The highest BCUT2D eigenvalue weighted by Crippen LogP contribution is 2.71. The summed E-state index contributed by atoms with van der Waals surface area (Å²) in [7, 11) is 1.85. The van der Waals surface area contributed by atoms with Crippen molar-refractivity contribution in [1.82, 2.24) is 14.5 Å². The fraction of sp³-hybridized carbons (Fsp3) is 0.458. The van der Waals surface area contributed by atoms with E-state index in [9.17, 15) is 4.79 Å². The maximum Gasteiger partial charge on any atom is 0.163 e. The normalized spacial score (nSPS) is 31.1. The number of ketones is 1. The summed E-state index contributed by atoms with van der Waals surface area (Å²) in [5.41, 5.74) is 2.47. The number of ether oxygens (including phenoxy) is 2. The van der Waals surface area contributed by atoms with Crippen molar-refractivity contribution in [2.45, 2.75) is 51.2 Å². The lowest BCUT2D eigenvalue weighted by Gasteiger charge is -2.24. The number of imidazole rings is 1. The number of pyridine rings is 1. The Morgan fingerprint density at radius 2 is 2.15 bits per heavy atom. The van der Waals surface area contributed by atoms with Crippen LogP contribution in [0.4, 0.5) is 5.69 Å². The number of thiophene rings is 1. The molecule has 0 radical (unpaired) electrons. The van der Waals surface area contributed by atoms with Crippen LogP contribution in [0.3, 0.4) is 0 Å². The zero-order valence-electron chi connectivity index (χ0n) is 18.7. The van der Waals surface area contributed by atoms with Gasteiger partial charge in [0.25, 0.3) is 0 Å². The van der Waals surface area contributed by atoms with Gasteiger partial charge in [-0.15, -0.1) is 11.3 Å². The molecule has 4 heterocycles. The molecular weight excluding hydrogens is 460 g/mol. The third-order valence-corrected chi connectivity index (χ3v) is 8.25. The number of fused-ring (bicyclic) bond motifs is 4. The van der Waals surface area contributed by atoms with Gasteiger partial charge in [-0.05, 0) is 63.1 Å². The second-order valence-corrected chi connectivity index (χ2v) is 11.1. The Labute approximate surface area is 200 Å². The first kappa shape index (κ1) is 21.1. The number of hydrogen-bond acceptors (Lipinski definition) is 7. The van der Waals surface area contributed by atoms with Crippen LogP contribution in [0.1, 0.15) is 43.8 Å². The summed E-state index contributed by atoms with van der Waals surface area (Å²) in [5, 5.41) is 3.21. The van der Waals surface area contributed by atoms with Gasteiger partial charge < -0.3 is 19.4 Å². The van der Waals surface area contributed by atoms with E-state index in [4.69, 9.17) is 26.1 Å². The van der Waals surface area contributed by atoms with E-state index in [0.717, 1.165) is 28.1 Å². The number of carbonyl (C=O) groups excluding carboxylic acids is 1. The fourth-order valence-corrected chi connectivity index (χ4v) is 6.56. The molecule has 5 atom stereocenters. The summed E-state index contributed by atoms with van der Waals surface area (Å²) >= 11 is 7.46. The molecule has 0 spiro atoms. The first-order chi connectivity index (χ1) is 15.7. The summed E-state index contributed by atoms with van der Waals surface area (Å²) in [6.07, 6.45) is 2.11. The maximum atomic E-state index is 12.7. The standard InChI is InChI=1S/C24H23ClN4O3S/c1-12(30)24-10-15(24)19(20-21(24)32-23(2,3)31-20)29-11-27-18-16(26-4)9-13(28-22(18)29)5-6-14-7-8-17(25)33-14/h7-9,11,15,19-21H,10H2,1-4H3,(H,26,28)/t15?,19-,20+,21?,24+/m1/s1. The van der Waals surface area contributed by atoms with Gasteiger partial charge in [-0.25, -0.2) is 9.97 Å². The Kier molecular flexibility index (Phi) is 4.50. The van der Waals surface area contributed by atoms with Gasteiger partial charge in [0.2, 0.25) is 0 Å². The summed E-state index contributed by atoms with van der Waals surface area (Å²) in [4.78, 5) is 23.1. The highest BCUT2D eigenvalue weighted by molar-refractivity contribution is 7.16. The van der Waals surface area contributed by atoms with Crippen LogP contribution >= 0.6 is 22.9 Å². The Morgan fingerprint density at radius 3 is 2.85 bits per heavy atom. The number of aromatic nitrogens is 3. The topological polar surface area (TPSA) is 78.3 Å². The Balaban J connectivity index is 1.46. The number of carbonyl (C=O) groups is 1. The monoisotopic (exact) mass is 482 g/mol. The molecule has 9 heteroatoms. The SMILES string of the molecule is CNc1cc(C#Cc2ccc(Cl)s2)nc2c1ncn2[C@@H]1C2C[C@@]2(C(C)=O)C2OC(C)(C)O[C@H]21. The van der Waals surface area contributed by atoms with Gasteiger partial charge >= 0.3 is 0 Å². The maximum absolute atomic E-state index is 12.7. The van der Waals surface area contributed by atoms with Crippen LogP contribution in [0.25, 0.3) is 11.2 Å². The van der Waals surface area contributed by atoms with Gasteiger partial charge in [0, 0.05) is 7.05 Å². The fourth-order valence-electron chi connectivity index (χ4n) is 5.67. The molecule has 3 aromatic rings. The average Bonchev–Trinajstić information content (AvgIpc) is 3.03. The van der Waals surface area contributed by atoms with E-state index in [2.05, 4.69) is 26.7 Å². The first-order valence-corrected chi connectivity index (χ1v) is 12.1. The zero-order chi connectivity index (χ0) is 23.1. The zero-order valence-corrected chi connectivity index (χ0v) is 20.3. The Hall–Kier alpha value is -2.44. The number of Topliss-reactive ketones (excluding diaryl/α,β-unsaturated/α-hetero) is 1. The summed E-state index contributed by atoms with van der Waals surface area (Å²) in [6, 6.07) is 5.55. The number of anilines is 1. The molecule has 1 N–H and O–H groups in total. The summed E-state index contributed by atoms with van der Waals surface area (Å²) < 4.78 is 15.3. The van der Waals surface area contributed by atoms with E-state index in [0.29, 0.717) is 10.0 Å². The predicted octanol–water partition coefficient (Wildman–Crippen LogP) is 4.26.